The van der Waals surface area contributed by atoms with Crippen LogP contribution in [0.2, 0.25) is 0 Å². The van der Waals surface area contributed by atoms with Gasteiger partial charge in [-0.1, -0.05) is 31.6 Å². The van der Waals surface area contributed by atoms with E-state index in [0.717, 1.165) is 30.6 Å². The number of anilines is 1. The Morgan fingerprint density at radius 1 is 1.16 bits per heavy atom. The number of aromatic nitrogens is 1. The zero-order valence-corrected chi connectivity index (χ0v) is 20.2. The Kier molecular flexibility index (Phi) is 8.02. The fourth-order valence-corrected chi connectivity index (χ4v) is 5.67. The SMILES string of the molecule is Cc1nc(NCC(=O)c2ccc(S(=O)(=O)N3CCCCC3)cc2)sc1C(=O)OCC(C)C. The largest absolute Gasteiger partial charge is 0.461 e. The molecular weight excluding hydrogens is 450 g/mol. The minimum atomic E-state index is -3.53. The second kappa shape index (κ2) is 10.5. The van der Waals surface area contributed by atoms with Gasteiger partial charge in [0, 0.05) is 18.7 Å². The highest BCUT2D eigenvalue weighted by Crippen LogP contribution is 2.24. The van der Waals surface area contributed by atoms with E-state index in [2.05, 4.69) is 10.3 Å². The first kappa shape index (κ1) is 24.3. The molecule has 10 heteroatoms. The number of carbonyl (C=O) groups is 2. The predicted molar refractivity (Wildman–Crippen MR) is 124 cm³/mol. The van der Waals surface area contributed by atoms with Crippen LogP contribution in [-0.4, -0.2) is 55.7 Å². The lowest BCUT2D eigenvalue weighted by molar-refractivity contribution is 0.0463. The lowest BCUT2D eigenvalue weighted by atomic mass is 10.1. The van der Waals surface area contributed by atoms with Crippen molar-refractivity contribution in [3.8, 4) is 0 Å². The number of Topliss-reactive ketones (excluding diaryl/α,β-unsaturated/α-hetero) is 1. The van der Waals surface area contributed by atoms with Gasteiger partial charge in [0.1, 0.15) is 4.88 Å². The van der Waals surface area contributed by atoms with Gasteiger partial charge in [0.05, 0.1) is 23.7 Å². The molecule has 0 spiro atoms. The standard InChI is InChI=1S/C22H29N3O5S2/c1-15(2)14-30-21(27)20-16(3)24-22(31-20)23-13-19(26)17-7-9-18(10-8-17)32(28,29)25-11-5-4-6-12-25/h7-10,15H,4-6,11-14H2,1-3H3,(H,23,24). The van der Waals surface area contributed by atoms with Crippen molar-refractivity contribution in [2.75, 3.05) is 31.6 Å². The smallest absolute Gasteiger partial charge is 0.350 e. The summed E-state index contributed by atoms with van der Waals surface area (Å²) in [5.74, 6) is -0.383. The maximum atomic E-state index is 12.7. The zero-order valence-electron chi connectivity index (χ0n) is 18.6. The topological polar surface area (TPSA) is 106 Å². The van der Waals surface area contributed by atoms with Gasteiger partial charge in [-0.05, 0) is 49.9 Å². The molecule has 0 radical (unpaired) electrons. The summed E-state index contributed by atoms with van der Waals surface area (Å²) in [6.07, 6.45) is 2.79. The highest BCUT2D eigenvalue weighted by molar-refractivity contribution is 7.89. The number of ketones is 1. The van der Waals surface area contributed by atoms with Crippen LogP contribution in [0, 0.1) is 12.8 Å². The van der Waals surface area contributed by atoms with Gasteiger partial charge in [-0.3, -0.25) is 4.79 Å². The number of nitrogens with zero attached hydrogens (tertiary/aromatic N) is 2. The molecule has 3 rings (SSSR count). The first-order valence-corrected chi connectivity index (χ1v) is 13.0. The summed E-state index contributed by atoms with van der Waals surface area (Å²) in [6, 6.07) is 6.02. The number of benzene rings is 1. The summed E-state index contributed by atoms with van der Waals surface area (Å²) in [4.78, 5) is 29.6. The normalized spacial score (nSPS) is 15.0. The maximum absolute atomic E-state index is 12.7. The van der Waals surface area contributed by atoms with E-state index in [1.165, 1.54) is 28.6 Å². The van der Waals surface area contributed by atoms with Gasteiger partial charge in [0.2, 0.25) is 10.0 Å². The van der Waals surface area contributed by atoms with Gasteiger partial charge >= 0.3 is 5.97 Å². The summed E-state index contributed by atoms with van der Waals surface area (Å²) < 4.78 is 32.2. The first-order chi connectivity index (χ1) is 15.2. The lowest BCUT2D eigenvalue weighted by Gasteiger charge is -2.25. The van der Waals surface area contributed by atoms with E-state index in [9.17, 15) is 18.0 Å². The molecule has 2 aromatic rings. The van der Waals surface area contributed by atoms with Crippen LogP contribution in [-0.2, 0) is 14.8 Å². The zero-order chi connectivity index (χ0) is 23.3. The van der Waals surface area contributed by atoms with Crippen LogP contribution in [0.4, 0.5) is 5.13 Å². The van der Waals surface area contributed by atoms with E-state index in [0.29, 0.717) is 41.0 Å². The molecule has 1 fully saturated rings. The van der Waals surface area contributed by atoms with E-state index in [1.807, 2.05) is 13.8 Å². The highest BCUT2D eigenvalue weighted by Gasteiger charge is 2.26. The lowest BCUT2D eigenvalue weighted by Crippen LogP contribution is -2.35. The molecule has 0 unspecified atom stereocenters. The third kappa shape index (κ3) is 5.93. The van der Waals surface area contributed by atoms with Crippen molar-refractivity contribution in [3.05, 3.63) is 40.4 Å². The van der Waals surface area contributed by atoms with Crippen molar-refractivity contribution in [1.29, 1.82) is 0 Å². The van der Waals surface area contributed by atoms with Crippen molar-refractivity contribution in [2.45, 2.75) is 44.9 Å². The summed E-state index contributed by atoms with van der Waals surface area (Å²) in [5.41, 5.74) is 0.950. The van der Waals surface area contributed by atoms with Crippen LogP contribution >= 0.6 is 11.3 Å². The van der Waals surface area contributed by atoms with E-state index in [1.54, 1.807) is 6.92 Å². The highest BCUT2D eigenvalue weighted by atomic mass is 32.2. The molecule has 2 heterocycles. The average molecular weight is 480 g/mol. The summed E-state index contributed by atoms with van der Waals surface area (Å²) in [7, 11) is -3.53. The Hall–Kier alpha value is -2.30. The second-order valence-corrected chi connectivity index (χ2v) is 11.1. The van der Waals surface area contributed by atoms with Gasteiger partial charge in [-0.25, -0.2) is 18.2 Å². The Balaban J connectivity index is 1.60. The van der Waals surface area contributed by atoms with E-state index >= 15 is 0 Å². The molecule has 1 saturated heterocycles. The van der Waals surface area contributed by atoms with Crippen molar-refractivity contribution in [3.63, 3.8) is 0 Å². The molecular formula is C22H29N3O5S2. The van der Waals surface area contributed by atoms with E-state index in [-0.39, 0.29) is 23.1 Å². The number of hydrogen-bond donors (Lipinski definition) is 1. The Bertz CT molecular complexity index is 1060. The van der Waals surface area contributed by atoms with Crippen molar-refractivity contribution in [1.82, 2.24) is 9.29 Å². The van der Waals surface area contributed by atoms with Gasteiger partial charge in [-0.15, -0.1) is 0 Å². The minimum Gasteiger partial charge on any atom is -0.461 e. The fourth-order valence-electron chi connectivity index (χ4n) is 3.29. The van der Waals surface area contributed by atoms with Gasteiger partial charge in [0.25, 0.3) is 0 Å². The molecule has 1 aliphatic rings. The number of piperidine rings is 1. The van der Waals surface area contributed by atoms with E-state index < -0.39 is 16.0 Å². The number of esters is 1. The minimum absolute atomic E-state index is 0.0222. The molecule has 0 aliphatic carbocycles. The molecule has 1 aliphatic heterocycles. The number of hydrogen-bond acceptors (Lipinski definition) is 8. The Morgan fingerprint density at radius 2 is 1.81 bits per heavy atom. The van der Waals surface area contributed by atoms with Crippen LogP contribution in [0.1, 0.15) is 58.8 Å². The first-order valence-electron chi connectivity index (χ1n) is 10.7. The summed E-state index contributed by atoms with van der Waals surface area (Å²) >= 11 is 1.14. The molecule has 1 N–H and O–H groups in total. The quantitative estimate of drug-likeness (QED) is 0.431. The number of carbonyl (C=O) groups excluding carboxylic acids is 2. The molecule has 0 amide bonds. The molecule has 1 aromatic carbocycles. The molecule has 32 heavy (non-hydrogen) atoms. The van der Waals surface area contributed by atoms with Crippen molar-refractivity contribution >= 4 is 38.2 Å². The third-order valence-corrected chi connectivity index (χ3v) is 8.07. The molecule has 0 atom stereocenters. The predicted octanol–water partition coefficient (Wildman–Crippen LogP) is 3.73. The van der Waals surface area contributed by atoms with Crippen molar-refractivity contribution < 1.29 is 22.7 Å². The second-order valence-electron chi connectivity index (χ2n) is 8.19. The third-order valence-electron chi connectivity index (χ3n) is 5.06. The molecule has 8 nitrogen and oxygen atoms in total. The molecule has 0 bridgehead atoms. The van der Waals surface area contributed by atoms with Crippen molar-refractivity contribution in [2.24, 2.45) is 5.92 Å². The number of ether oxygens (including phenoxy) is 1. The number of aryl methyl sites for hydroxylation is 1. The monoisotopic (exact) mass is 479 g/mol. The van der Waals surface area contributed by atoms with Crippen LogP contribution < -0.4 is 5.32 Å². The van der Waals surface area contributed by atoms with Crippen LogP contribution in [0.15, 0.2) is 29.2 Å². The van der Waals surface area contributed by atoms with Gasteiger partial charge in [-0.2, -0.15) is 4.31 Å². The number of nitrogens with one attached hydrogen (secondary N) is 1. The molecule has 1 aromatic heterocycles. The van der Waals surface area contributed by atoms with Crippen LogP contribution in [0.3, 0.4) is 0 Å². The summed E-state index contributed by atoms with van der Waals surface area (Å²) in [5, 5.41) is 3.40. The van der Waals surface area contributed by atoms with Crippen LogP contribution in [0.25, 0.3) is 0 Å². The van der Waals surface area contributed by atoms with Crippen LogP contribution in [0.5, 0.6) is 0 Å². The Morgan fingerprint density at radius 3 is 2.44 bits per heavy atom. The number of rotatable bonds is 9. The molecule has 174 valence electrons. The fraction of sp³-hybridized carbons (Fsp3) is 0.500. The number of thiazole rings is 1. The van der Waals surface area contributed by atoms with Gasteiger partial charge in [0.15, 0.2) is 10.9 Å². The summed E-state index contributed by atoms with van der Waals surface area (Å²) in [6.45, 7) is 7.02. The molecule has 0 saturated carbocycles. The van der Waals surface area contributed by atoms with E-state index in [4.69, 9.17) is 4.74 Å². The number of sulfonamides is 1. The Labute approximate surface area is 193 Å². The maximum Gasteiger partial charge on any atom is 0.350 e. The average Bonchev–Trinajstić information content (AvgIpc) is 3.17. The van der Waals surface area contributed by atoms with Gasteiger partial charge < -0.3 is 10.1 Å².